The fourth-order valence-corrected chi connectivity index (χ4v) is 3.30. The van der Waals surface area contributed by atoms with Gasteiger partial charge in [0.2, 0.25) is 0 Å². The summed E-state index contributed by atoms with van der Waals surface area (Å²) in [6.45, 7) is 5.12. The molecule has 134 valence electrons. The molecule has 0 unspecified atom stereocenters. The molecular weight excluding hydrogens is 328 g/mol. The van der Waals surface area contributed by atoms with Crippen LogP contribution in [0, 0.1) is 6.92 Å². The van der Waals surface area contributed by atoms with E-state index < -0.39 is 0 Å². The number of benzene rings is 1. The van der Waals surface area contributed by atoms with E-state index >= 15 is 0 Å². The zero-order valence-electron chi connectivity index (χ0n) is 14.9. The number of carbonyl (C=O) groups is 1. The Balaban J connectivity index is 1.34. The fourth-order valence-electron chi connectivity index (χ4n) is 3.30. The molecule has 4 rings (SSSR count). The average molecular weight is 350 g/mol. The molecule has 1 fully saturated rings. The molecule has 0 spiro atoms. The lowest BCUT2D eigenvalue weighted by Gasteiger charge is -2.15. The predicted octanol–water partition coefficient (Wildman–Crippen LogP) is 3.06. The monoisotopic (exact) mass is 350 g/mol. The van der Waals surface area contributed by atoms with E-state index in [-0.39, 0.29) is 5.91 Å². The Morgan fingerprint density at radius 3 is 2.65 bits per heavy atom. The van der Waals surface area contributed by atoms with Crippen molar-refractivity contribution in [2.45, 2.75) is 32.9 Å². The number of carbonyl (C=O) groups excluding carboxylic acids is 1. The third-order valence-corrected chi connectivity index (χ3v) is 4.82. The van der Waals surface area contributed by atoms with Crippen LogP contribution in [0.4, 0.5) is 0 Å². The van der Waals surface area contributed by atoms with Gasteiger partial charge in [-0.3, -0.25) is 4.79 Å². The number of hydrogen-bond acceptors (Lipinski definition) is 5. The molecule has 1 aliphatic rings. The summed E-state index contributed by atoms with van der Waals surface area (Å²) in [6.07, 6.45) is 4.03. The van der Waals surface area contributed by atoms with Gasteiger partial charge in [0.1, 0.15) is 0 Å². The first kappa shape index (κ1) is 16.7. The Bertz CT molecular complexity index is 911. The first-order chi connectivity index (χ1) is 12.7. The average Bonchev–Trinajstić information content (AvgIpc) is 3.32. The molecule has 1 aromatic carbocycles. The molecule has 0 saturated carbocycles. The van der Waals surface area contributed by atoms with Gasteiger partial charge in [-0.25, -0.2) is 4.98 Å². The number of amides is 1. The number of likely N-dealkylation sites (tertiary alicyclic amines) is 1. The van der Waals surface area contributed by atoms with E-state index in [2.05, 4.69) is 21.5 Å². The lowest BCUT2D eigenvalue weighted by molar-refractivity contribution is 0.0793. The highest BCUT2D eigenvalue weighted by atomic mass is 16.5. The van der Waals surface area contributed by atoms with Crippen LogP contribution in [-0.4, -0.2) is 34.0 Å². The summed E-state index contributed by atoms with van der Waals surface area (Å²) in [5.41, 5.74) is 4.44. The number of hydrogen-bond donors (Lipinski definition) is 1. The van der Waals surface area contributed by atoms with Gasteiger partial charge in [-0.15, -0.1) is 0 Å². The summed E-state index contributed by atoms with van der Waals surface area (Å²) in [4.78, 5) is 18.6. The number of aromatic nitrogens is 2. The van der Waals surface area contributed by atoms with Gasteiger partial charge >= 0.3 is 0 Å². The van der Waals surface area contributed by atoms with Crippen molar-refractivity contribution in [2.75, 3.05) is 13.1 Å². The molecule has 0 atom stereocenters. The summed E-state index contributed by atoms with van der Waals surface area (Å²) >= 11 is 0. The molecule has 0 radical (unpaired) electrons. The summed E-state index contributed by atoms with van der Waals surface area (Å²) in [6, 6.07) is 9.93. The smallest absolute Gasteiger partial charge is 0.257 e. The van der Waals surface area contributed by atoms with Crippen LogP contribution in [-0.2, 0) is 13.1 Å². The van der Waals surface area contributed by atoms with Gasteiger partial charge < -0.3 is 14.7 Å². The second-order valence-corrected chi connectivity index (χ2v) is 6.76. The number of nitrogens with zero attached hydrogens (tertiary/aromatic N) is 3. The minimum absolute atomic E-state index is 0.144. The Labute approximate surface area is 152 Å². The molecule has 6 nitrogen and oxygen atoms in total. The van der Waals surface area contributed by atoms with Crippen molar-refractivity contribution in [3.05, 3.63) is 58.9 Å². The van der Waals surface area contributed by atoms with Gasteiger partial charge in [0, 0.05) is 37.9 Å². The molecule has 3 aromatic rings. The van der Waals surface area contributed by atoms with Crippen LogP contribution in [0.3, 0.4) is 0 Å². The molecule has 6 heteroatoms. The maximum absolute atomic E-state index is 12.4. The normalized spacial score (nSPS) is 14.3. The zero-order chi connectivity index (χ0) is 17.9. The van der Waals surface area contributed by atoms with E-state index in [1.54, 1.807) is 6.20 Å². The topological polar surface area (TPSA) is 71.3 Å². The molecule has 1 amide bonds. The number of fused-ring (bicyclic) bond motifs is 1. The zero-order valence-corrected chi connectivity index (χ0v) is 14.9. The maximum atomic E-state index is 12.4. The Morgan fingerprint density at radius 2 is 1.88 bits per heavy atom. The van der Waals surface area contributed by atoms with Crippen LogP contribution in [0.25, 0.3) is 11.1 Å². The highest BCUT2D eigenvalue weighted by molar-refractivity contribution is 5.94. The molecule has 3 heterocycles. The summed E-state index contributed by atoms with van der Waals surface area (Å²) in [7, 11) is 0. The van der Waals surface area contributed by atoms with Crippen LogP contribution in [0.5, 0.6) is 0 Å². The summed E-state index contributed by atoms with van der Waals surface area (Å²) in [5.74, 6) is 0.144. The Morgan fingerprint density at radius 1 is 1.15 bits per heavy atom. The van der Waals surface area contributed by atoms with Gasteiger partial charge in [-0.1, -0.05) is 17.3 Å². The molecular formula is C20H22N4O2. The molecule has 0 aliphatic carbocycles. The van der Waals surface area contributed by atoms with Crippen molar-refractivity contribution < 1.29 is 9.32 Å². The van der Waals surface area contributed by atoms with Gasteiger partial charge in [-0.2, -0.15) is 0 Å². The van der Waals surface area contributed by atoms with E-state index in [9.17, 15) is 4.79 Å². The SMILES string of the molecule is Cc1noc2ncc(CNCc3ccc(C(=O)N4CCCC4)cc3)cc12. The molecule has 0 bridgehead atoms. The lowest BCUT2D eigenvalue weighted by atomic mass is 10.1. The van der Waals surface area contributed by atoms with E-state index in [1.807, 2.05) is 36.1 Å². The molecule has 26 heavy (non-hydrogen) atoms. The predicted molar refractivity (Wildman–Crippen MR) is 98.7 cm³/mol. The first-order valence-corrected chi connectivity index (χ1v) is 9.00. The van der Waals surface area contributed by atoms with Crippen LogP contribution < -0.4 is 5.32 Å². The minimum Gasteiger partial charge on any atom is -0.339 e. The van der Waals surface area contributed by atoms with Crippen LogP contribution in [0.2, 0.25) is 0 Å². The summed E-state index contributed by atoms with van der Waals surface area (Å²) < 4.78 is 5.13. The third-order valence-electron chi connectivity index (χ3n) is 4.82. The van der Waals surface area contributed by atoms with Crippen LogP contribution in [0.15, 0.2) is 41.1 Å². The standard InChI is InChI=1S/C20H22N4O2/c1-14-18-10-16(13-22-19(18)26-23-14)12-21-11-15-4-6-17(7-5-15)20(25)24-8-2-3-9-24/h4-7,10,13,21H,2-3,8-9,11-12H2,1H3. The van der Waals surface area contributed by atoms with Crippen molar-refractivity contribution in [2.24, 2.45) is 0 Å². The highest BCUT2D eigenvalue weighted by Gasteiger charge is 2.19. The fraction of sp³-hybridized carbons (Fsp3) is 0.350. The first-order valence-electron chi connectivity index (χ1n) is 9.00. The Hall–Kier alpha value is -2.73. The molecule has 2 aromatic heterocycles. The van der Waals surface area contributed by atoms with Crippen molar-refractivity contribution in [3.63, 3.8) is 0 Å². The van der Waals surface area contributed by atoms with Crippen LogP contribution in [0.1, 0.15) is 40.0 Å². The number of rotatable bonds is 5. The van der Waals surface area contributed by atoms with Crippen molar-refractivity contribution in [1.29, 1.82) is 0 Å². The Kier molecular flexibility index (Phi) is 4.67. The van der Waals surface area contributed by atoms with E-state index in [0.717, 1.165) is 60.2 Å². The maximum Gasteiger partial charge on any atom is 0.257 e. The van der Waals surface area contributed by atoms with Crippen molar-refractivity contribution in [3.8, 4) is 0 Å². The molecule has 1 N–H and O–H groups in total. The minimum atomic E-state index is 0.144. The lowest BCUT2D eigenvalue weighted by Crippen LogP contribution is -2.27. The van der Waals surface area contributed by atoms with E-state index in [0.29, 0.717) is 12.3 Å². The van der Waals surface area contributed by atoms with Crippen molar-refractivity contribution in [1.82, 2.24) is 20.4 Å². The number of pyridine rings is 1. The quantitative estimate of drug-likeness (QED) is 0.766. The second kappa shape index (κ2) is 7.25. The van der Waals surface area contributed by atoms with Gasteiger partial charge in [0.25, 0.3) is 11.6 Å². The van der Waals surface area contributed by atoms with Crippen molar-refractivity contribution >= 4 is 17.0 Å². The number of aryl methyl sites for hydroxylation is 1. The van der Waals surface area contributed by atoms with E-state index in [1.165, 1.54) is 0 Å². The largest absolute Gasteiger partial charge is 0.339 e. The van der Waals surface area contributed by atoms with Gasteiger partial charge in [-0.05, 0) is 49.1 Å². The third kappa shape index (κ3) is 3.46. The van der Waals surface area contributed by atoms with Crippen LogP contribution >= 0.6 is 0 Å². The molecule has 1 saturated heterocycles. The van der Waals surface area contributed by atoms with Gasteiger partial charge in [0.05, 0.1) is 11.1 Å². The summed E-state index contributed by atoms with van der Waals surface area (Å²) in [5, 5.41) is 8.29. The van der Waals surface area contributed by atoms with E-state index in [4.69, 9.17) is 4.52 Å². The van der Waals surface area contributed by atoms with Gasteiger partial charge in [0.15, 0.2) is 0 Å². The number of nitrogens with one attached hydrogen (secondary N) is 1. The second-order valence-electron chi connectivity index (χ2n) is 6.76. The molecule has 1 aliphatic heterocycles. The highest BCUT2D eigenvalue weighted by Crippen LogP contribution is 2.17.